The molecule has 0 heterocycles. The molecule has 0 aliphatic rings. The summed E-state index contributed by atoms with van der Waals surface area (Å²) in [6.45, 7) is 5.82. The van der Waals surface area contributed by atoms with Crippen molar-refractivity contribution in [1.82, 2.24) is 0 Å². The fraction of sp³-hybridized carbons (Fsp3) is 0.538. The number of rotatable bonds is 3. The lowest BCUT2D eigenvalue weighted by atomic mass is 9.81. The van der Waals surface area contributed by atoms with Crippen molar-refractivity contribution in [3.05, 3.63) is 29.3 Å². The largest absolute Gasteiger partial charge is 0.508 e. The van der Waals surface area contributed by atoms with Gasteiger partial charge in [0, 0.05) is 5.56 Å². The van der Waals surface area contributed by atoms with E-state index >= 15 is 0 Å². The van der Waals surface area contributed by atoms with E-state index in [-0.39, 0.29) is 11.0 Å². The minimum Gasteiger partial charge on any atom is -0.508 e. The Morgan fingerprint density at radius 2 is 1.83 bits per heavy atom. The minimum atomic E-state index is -4.56. The van der Waals surface area contributed by atoms with Gasteiger partial charge in [0.05, 0.1) is 0 Å². The standard InChI is InChI=1S/C13H18F3NO/c1-4-12(2,3)8-5-6-10(18)9(7-8)11(17)13(14,15)16/h5-7,11,18H,4,17H2,1-3H3/t11-/m1/s1. The molecular weight excluding hydrogens is 243 g/mol. The summed E-state index contributed by atoms with van der Waals surface area (Å²) in [6.07, 6.45) is -3.79. The number of nitrogens with two attached hydrogens (primary N) is 1. The van der Waals surface area contributed by atoms with E-state index in [4.69, 9.17) is 5.73 Å². The van der Waals surface area contributed by atoms with Crippen molar-refractivity contribution >= 4 is 0 Å². The van der Waals surface area contributed by atoms with Crippen molar-refractivity contribution in [3.8, 4) is 5.75 Å². The highest BCUT2D eigenvalue weighted by Crippen LogP contribution is 2.38. The molecule has 0 amide bonds. The number of hydrogen-bond donors (Lipinski definition) is 2. The van der Waals surface area contributed by atoms with Crippen LogP contribution < -0.4 is 5.73 Å². The number of aromatic hydroxyl groups is 1. The van der Waals surface area contributed by atoms with E-state index in [9.17, 15) is 18.3 Å². The zero-order chi connectivity index (χ0) is 14.1. The maximum atomic E-state index is 12.6. The highest BCUT2D eigenvalue weighted by molar-refractivity contribution is 5.41. The van der Waals surface area contributed by atoms with Crippen molar-refractivity contribution < 1.29 is 18.3 Å². The summed E-state index contributed by atoms with van der Waals surface area (Å²) in [5, 5.41) is 9.53. The Balaban J connectivity index is 3.26. The number of benzene rings is 1. The number of halogens is 3. The summed E-state index contributed by atoms with van der Waals surface area (Å²) in [5.41, 5.74) is 5.34. The molecule has 18 heavy (non-hydrogen) atoms. The Hall–Kier alpha value is -1.23. The second-order valence-corrected chi connectivity index (χ2v) is 5.03. The fourth-order valence-corrected chi connectivity index (χ4v) is 1.61. The van der Waals surface area contributed by atoms with E-state index in [0.29, 0.717) is 0 Å². The Labute approximate surface area is 105 Å². The van der Waals surface area contributed by atoms with E-state index in [1.54, 1.807) is 6.07 Å². The van der Waals surface area contributed by atoms with E-state index in [0.717, 1.165) is 12.0 Å². The highest BCUT2D eigenvalue weighted by Gasteiger charge is 2.39. The first-order chi connectivity index (χ1) is 8.09. The summed E-state index contributed by atoms with van der Waals surface area (Å²) in [5.74, 6) is -0.421. The van der Waals surface area contributed by atoms with Crippen LogP contribution in [0.5, 0.6) is 5.75 Å². The van der Waals surface area contributed by atoms with Crippen LogP contribution in [0.15, 0.2) is 18.2 Å². The molecule has 0 spiro atoms. The third-order valence-electron chi connectivity index (χ3n) is 3.38. The average Bonchev–Trinajstić information content (AvgIpc) is 2.27. The third kappa shape index (κ3) is 2.96. The summed E-state index contributed by atoms with van der Waals surface area (Å²) in [7, 11) is 0. The molecule has 1 atom stereocenters. The molecule has 5 heteroatoms. The first-order valence-electron chi connectivity index (χ1n) is 5.75. The number of alkyl halides is 3. The van der Waals surface area contributed by atoms with Crippen LogP contribution in [0.2, 0.25) is 0 Å². The van der Waals surface area contributed by atoms with Crippen molar-refractivity contribution in [3.63, 3.8) is 0 Å². The van der Waals surface area contributed by atoms with Crippen molar-refractivity contribution in [2.75, 3.05) is 0 Å². The van der Waals surface area contributed by atoms with Crippen LogP contribution in [0.3, 0.4) is 0 Å². The Bertz CT molecular complexity index is 427. The molecule has 0 unspecified atom stereocenters. The van der Waals surface area contributed by atoms with E-state index < -0.39 is 18.0 Å². The first-order valence-corrected chi connectivity index (χ1v) is 5.75. The second kappa shape index (κ2) is 4.80. The van der Waals surface area contributed by atoms with Gasteiger partial charge in [-0.3, -0.25) is 0 Å². The zero-order valence-electron chi connectivity index (χ0n) is 10.7. The molecule has 1 aromatic rings. The average molecular weight is 261 g/mol. The van der Waals surface area contributed by atoms with Gasteiger partial charge in [-0.25, -0.2) is 0 Å². The molecule has 0 bridgehead atoms. The Morgan fingerprint density at radius 1 is 1.28 bits per heavy atom. The van der Waals surface area contributed by atoms with Crippen molar-refractivity contribution in [1.29, 1.82) is 0 Å². The number of phenolic OH excluding ortho intramolecular Hbond substituents is 1. The van der Waals surface area contributed by atoms with Crippen LogP contribution in [-0.2, 0) is 5.41 Å². The topological polar surface area (TPSA) is 46.2 Å². The molecular formula is C13H18F3NO. The maximum Gasteiger partial charge on any atom is 0.407 e. The maximum absolute atomic E-state index is 12.6. The first kappa shape index (κ1) is 14.8. The smallest absolute Gasteiger partial charge is 0.407 e. The molecule has 102 valence electrons. The van der Waals surface area contributed by atoms with Crippen LogP contribution in [-0.4, -0.2) is 11.3 Å². The molecule has 1 rings (SSSR count). The SMILES string of the molecule is CCC(C)(C)c1ccc(O)c([C@@H](N)C(F)(F)F)c1. The molecule has 0 aromatic heterocycles. The van der Waals surface area contributed by atoms with Gasteiger partial charge < -0.3 is 10.8 Å². The highest BCUT2D eigenvalue weighted by atomic mass is 19.4. The van der Waals surface area contributed by atoms with Crippen molar-refractivity contribution in [2.24, 2.45) is 5.73 Å². The van der Waals surface area contributed by atoms with Crippen LogP contribution in [0.1, 0.15) is 44.4 Å². The summed E-state index contributed by atoms with van der Waals surface area (Å²) in [6, 6.07) is 2.08. The second-order valence-electron chi connectivity index (χ2n) is 5.03. The van der Waals surface area contributed by atoms with Crippen molar-refractivity contribution in [2.45, 2.75) is 44.8 Å². The van der Waals surface area contributed by atoms with Gasteiger partial charge in [-0.15, -0.1) is 0 Å². The lowest BCUT2D eigenvalue weighted by molar-refractivity contribution is -0.149. The van der Waals surface area contributed by atoms with E-state index in [1.807, 2.05) is 20.8 Å². The van der Waals surface area contributed by atoms with Gasteiger partial charge >= 0.3 is 6.18 Å². The molecule has 0 saturated carbocycles. The van der Waals surface area contributed by atoms with Crippen LogP contribution in [0.25, 0.3) is 0 Å². The van der Waals surface area contributed by atoms with Gasteiger partial charge in [0.2, 0.25) is 0 Å². The van der Waals surface area contributed by atoms with Crippen LogP contribution in [0.4, 0.5) is 13.2 Å². The lowest BCUT2D eigenvalue weighted by Crippen LogP contribution is -2.29. The molecule has 3 N–H and O–H groups in total. The number of phenols is 1. The van der Waals surface area contributed by atoms with Crippen LogP contribution >= 0.6 is 0 Å². The zero-order valence-corrected chi connectivity index (χ0v) is 10.7. The monoisotopic (exact) mass is 261 g/mol. The quantitative estimate of drug-likeness (QED) is 0.872. The van der Waals surface area contributed by atoms with E-state index in [2.05, 4.69) is 0 Å². The Kier molecular flexibility index (Phi) is 3.96. The fourth-order valence-electron chi connectivity index (χ4n) is 1.61. The predicted molar refractivity (Wildman–Crippen MR) is 64.4 cm³/mol. The molecule has 0 radical (unpaired) electrons. The molecule has 0 saturated heterocycles. The van der Waals surface area contributed by atoms with Gasteiger partial charge in [0.25, 0.3) is 0 Å². The molecule has 1 aromatic carbocycles. The van der Waals surface area contributed by atoms with Gasteiger partial charge in [0.1, 0.15) is 11.8 Å². The van der Waals surface area contributed by atoms with E-state index in [1.165, 1.54) is 12.1 Å². The number of hydrogen-bond acceptors (Lipinski definition) is 2. The molecule has 2 nitrogen and oxygen atoms in total. The molecule has 0 aliphatic heterocycles. The summed E-state index contributed by atoms with van der Waals surface area (Å²) < 4.78 is 37.8. The molecule has 0 fully saturated rings. The van der Waals surface area contributed by atoms with Gasteiger partial charge in [-0.2, -0.15) is 13.2 Å². The van der Waals surface area contributed by atoms with Gasteiger partial charge in [0.15, 0.2) is 0 Å². The predicted octanol–water partition coefficient (Wildman–Crippen LogP) is 3.64. The molecule has 0 aliphatic carbocycles. The van der Waals surface area contributed by atoms with Crippen LogP contribution in [0, 0.1) is 0 Å². The summed E-state index contributed by atoms with van der Waals surface area (Å²) >= 11 is 0. The minimum absolute atomic E-state index is 0.256. The van der Waals surface area contributed by atoms with Gasteiger partial charge in [-0.05, 0) is 29.5 Å². The lowest BCUT2D eigenvalue weighted by Gasteiger charge is -2.25. The van der Waals surface area contributed by atoms with Gasteiger partial charge in [-0.1, -0.05) is 26.8 Å². The normalized spacial score (nSPS) is 14.6. The third-order valence-corrected chi connectivity index (χ3v) is 3.38. The summed E-state index contributed by atoms with van der Waals surface area (Å²) in [4.78, 5) is 0. The Morgan fingerprint density at radius 3 is 2.28 bits per heavy atom.